The van der Waals surface area contributed by atoms with Gasteiger partial charge >= 0.3 is 0 Å². The smallest absolute Gasteiger partial charge is 0.276 e. The van der Waals surface area contributed by atoms with Crippen LogP contribution in [0.1, 0.15) is 35.1 Å². The molecule has 0 spiro atoms. The third-order valence-corrected chi connectivity index (χ3v) is 4.02. The molecule has 0 bridgehead atoms. The number of carbonyl (C=O) groups excluding carboxylic acids is 1. The molecule has 0 radical (unpaired) electrons. The fraction of sp³-hybridized carbons (Fsp3) is 0.250. The highest BCUT2D eigenvalue weighted by Crippen LogP contribution is 2.37. The molecule has 1 fully saturated rings. The van der Waals surface area contributed by atoms with Crippen molar-refractivity contribution in [3.05, 3.63) is 52.0 Å². The van der Waals surface area contributed by atoms with Crippen LogP contribution in [-0.4, -0.2) is 25.4 Å². The second-order valence-corrected chi connectivity index (χ2v) is 5.87. The van der Waals surface area contributed by atoms with Gasteiger partial charge in [0.2, 0.25) is 5.95 Å². The molecular formula is C16H14FN5O2. The van der Waals surface area contributed by atoms with Crippen molar-refractivity contribution >= 4 is 22.9 Å². The number of anilines is 1. The Kier molecular flexibility index (Phi) is 3.19. The lowest BCUT2D eigenvalue weighted by Crippen LogP contribution is -2.21. The highest BCUT2D eigenvalue weighted by molar-refractivity contribution is 6.02. The zero-order valence-electron chi connectivity index (χ0n) is 12.8. The second-order valence-electron chi connectivity index (χ2n) is 5.87. The van der Waals surface area contributed by atoms with Gasteiger partial charge in [-0.25, -0.2) is 14.4 Å². The number of nitrogens with one attached hydrogen (secondary N) is 2. The summed E-state index contributed by atoms with van der Waals surface area (Å²) >= 11 is 0. The summed E-state index contributed by atoms with van der Waals surface area (Å²) in [6.07, 6.45) is 1.93. The number of aromatic amines is 1. The molecule has 1 aliphatic carbocycles. The third kappa shape index (κ3) is 2.55. The number of imidazole rings is 1. The molecule has 2 N–H and O–H groups in total. The summed E-state index contributed by atoms with van der Waals surface area (Å²) < 4.78 is 14.9. The van der Waals surface area contributed by atoms with E-state index < -0.39 is 11.7 Å². The van der Waals surface area contributed by atoms with E-state index in [0.717, 1.165) is 18.9 Å². The lowest BCUT2D eigenvalue weighted by Gasteiger charge is -2.05. The molecule has 0 saturated heterocycles. The summed E-state index contributed by atoms with van der Waals surface area (Å²) in [6, 6.07) is 5.37. The van der Waals surface area contributed by atoms with E-state index in [1.807, 2.05) is 0 Å². The zero-order chi connectivity index (χ0) is 16.8. The number of rotatable bonds is 3. The van der Waals surface area contributed by atoms with E-state index in [0.29, 0.717) is 16.9 Å². The van der Waals surface area contributed by atoms with Gasteiger partial charge in [-0.05, 0) is 25.0 Å². The minimum atomic E-state index is -0.526. The first kappa shape index (κ1) is 14.6. The Morgan fingerprint density at radius 1 is 1.33 bits per heavy atom. The summed E-state index contributed by atoms with van der Waals surface area (Å²) in [4.78, 5) is 35.2. The molecule has 8 heteroatoms. The van der Waals surface area contributed by atoms with Crippen LogP contribution in [0.4, 0.5) is 10.3 Å². The number of aromatic nitrogens is 4. The van der Waals surface area contributed by atoms with E-state index in [-0.39, 0.29) is 23.1 Å². The molecule has 0 aliphatic heterocycles. The summed E-state index contributed by atoms with van der Waals surface area (Å²) in [7, 11) is 1.71. The fourth-order valence-electron chi connectivity index (χ4n) is 2.59. The highest BCUT2D eigenvalue weighted by Gasteiger charge is 2.27. The molecule has 2 heterocycles. The van der Waals surface area contributed by atoms with Crippen molar-refractivity contribution < 1.29 is 9.18 Å². The van der Waals surface area contributed by atoms with Crippen LogP contribution in [0.15, 0.2) is 29.1 Å². The largest absolute Gasteiger partial charge is 0.313 e. The lowest BCUT2D eigenvalue weighted by molar-refractivity contribution is 0.102. The fourth-order valence-corrected chi connectivity index (χ4v) is 2.59. The van der Waals surface area contributed by atoms with Crippen molar-refractivity contribution in [2.24, 2.45) is 7.05 Å². The van der Waals surface area contributed by atoms with Gasteiger partial charge in [-0.15, -0.1) is 0 Å². The van der Waals surface area contributed by atoms with Crippen LogP contribution < -0.4 is 10.9 Å². The second kappa shape index (κ2) is 5.26. The van der Waals surface area contributed by atoms with Crippen molar-refractivity contribution in [2.45, 2.75) is 18.8 Å². The normalized spacial score (nSPS) is 14.1. The van der Waals surface area contributed by atoms with Gasteiger partial charge in [0.1, 0.15) is 17.3 Å². The molecule has 122 valence electrons. The average molecular weight is 327 g/mol. The van der Waals surface area contributed by atoms with Gasteiger partial charge < -0.3 is 9.55 Å². The van der Waals surface area contributed by atoms with E-state index in [2.05, 4.69) is 20.3 Å². The maximum atomic E-state index is 13.3. The Labute approximate surface area is 135 Å². The number of fused-ring (bicyclic) bond motifs is 1. The van der Waals surface area contributed by atoms with Gasteiger partial charge in [0.15, 0.2) is 0 Å². The predicted octanol–water partition coefficient (Wildman–Crippen LogP) is 1.93. The van der Waals surface area contributed by atoms with Gasteiger partial charge in [0.25, 0.3) is 11.5 Å². The zero-order valence-corrected chi connectivity index (χ0v) is 12.8. The first-order chi connectivity index (χ1) is 11.5. The molecule has 7 nitrogen and oxygen atoms in total. The lowest BCUT2D eigenvalue weighted by atomic mass is 10.3. The summed E-state index contributed by atoms with van der Waals surface area (Å²) in [5.41, 5.74) is 0.803. The molecule has 1 saturated carbocycles. The maximum Gasteiger partial charge on any atom is 0.276 e. The van der Waals surface area contributed by atoms with Crippen LogP contribution in [0, 0.1) is 5.82 Å². The Hall–Kier alpha value is -3.03. The number of hydrogen-bond acceptors (Lipinski definition) is 4. The Bertz CT molecular complexity index is 1020. The number of hydrogen-bond donors (Lipinski definition) is 2. The number of halogens is 1. The number of benzene rings is 1. The molecule has 2 aromatic heterocycles. The number of carbonyl (C=O) groups is 1. The molecule has 1 amide bonds. The van der Waals surface area contributed by atoms with E-state index >= 15 is 0 Å². The Balaban J connectivity index is 1.67. The summed E-state index contributed by atoms with van der Waals surface area (Å²) in [6.45, 7) is 0. The summed E-state index contributed by atoms with van der Waals surface area (Å²) in [5.74, 6) is 0.102. The molecule has 24 heavy (non-hydrogen) atoms. The number of H-pyrrole nitrogens is 1. The van der Waals surface area contributed by atoms with Crippen molar-refractivity contribution in [1.82, 2.24) is 19.5 Å². The first-order valence-corrected chi connectivity index (χ1v) is 7.56. The molecular weight excluding hydrogens is 313 g/mol. The number of nitrogens with zero attached hydrogens (tertiary/aromatic N) is 3. The van der Waals surface area contributed by atoms with Gasteiger partial charge in [-0.3, -0.25) is 14.9 Å². The highest BCUT2D eigenvalue weighted by atomic mass is 19.1. The maximum absolute atomic E-state index is 13.3. The molecule has 1 aliphatic rings. The SMILES string of the molecule is Cn1c(NC(=O)c2cc(=O)[nH]c(C3CC3)n2)nc2cc(F)ccc21. The van der Waals surface area contributed by atoms with Crippen molar-refractivity contribution in [1.29, 1.82) is 0 Å². The summed E-state index contributed by atoms with van der Waals surface area (Å²) in [5, 5.41) is 2.62. The van der Waals surface area contributed by atoms with Crippen LogP contribution in [0.2, 0.25) is 0 Å². The first-order valence-electron chi connectivity index (χ1n) is 7.56. The van der Waals surface area contributed by atoms with E-state index in [1.54, 1.807) is 17.7 Å². The van der Waals surface area contributed by atoms with Gasteiger partial charge in [-0.2, -0.15) is 0 Å². The number of amides is 1. The Morgan fingerprint density at radius 2 is 2.12 bits per heavy atom. The van der Waals surface area contributed by atoms with Gasteiger partial charge in [0.05, 0.1) is 11.0 Å². The van der Waals surface area contributed by atoms with Crippen molar-refractivity contribution in [2.75, 3.05) is 5.32 Å². The standard InChI is InChI=1S/C16H14FN5O2/c1-22-12-5-4-9(17)6-10(12)19-16(22)21-15(24)11-7-13(23)20-14(18-11)8-2-3-8/h4-8H,2-3H2,1H3,(H,18,20,23)(H,19,21,24). The van der Waals surface area contributed by atoms with Crippen LogP contribution >= 0.6 is 0 Å². The predicted molar refractivity (Wildman–Crippen MR) is 85.5 cm³/mol. The quantitative estimate of drug-likeness (QED) is 0.769. The van der Waals surface area contributed by atoms with Gasteiger partial charge in [-0.1, -0.05) is 0 Å². The minimum Gasteiger partial charge on any atom is -0.313 e. The van der Waals surface area contributed by atoms with E-state index in [4.69, 9.17) is 0 Å². The molecule has 4 rings (SSSR count). The monoisotopic (exact) mass is 327 g/mol. The molecule has 0 unspecified atom stereocenters. The number of aryl methyl sites for hydroxylation is 1. The van der Waals surface area contributed by atoms with E-state index in [1.165, 1.54) is 12.1 Å². The van der Waals surface area contributed by atoms with Crippen LogP contribution in [0.3, 0.4) is 0 Å². The third-order valence-electron chi connectivity index (χ3n) is 4.02. The Morgan fingerprint density at radius 3 is 2.88 bits per heavy atom. The topological polar surface area (TPSA) is 92.7 Å². The minimum absolute atomic E-state index is 0.0406. The average Bonchev–Trinajstić information content (AvgIpc) is 3.34. The van der Waals surface area contributed by atoms with Crippen LogP contribution in [0.5, 0.6) is 0 Å². The molecule has 1 aromatic carbocycles. The van der Waals surface area contributed by atoms with E-state index in [9.17, 15) is 14.0 Å². The van der Waals surface area contributed by atoms with Crippen molar-refractivity contribution in [3.8, 4) is 0 Å². The van der Waals surface area contributed by atoms with Crippen LogP contribution in [-0.2, 0) is 7.05 Å². The molecule has 0 atom stereocenters. The molecule has 3 aromatic rings. The van der Waals surface area contributed by atoms with Crippen LogP contribution in [0.25, 0.3) is 11.0 Å². The van der Waals surface area contributed by atoms with Gasteiger partial charge in [0, 0.05) is 25.1 Å². The van der Waals surface area contributed by atoms with Crippen molar-refractivity contribution in [3.63, 3.8) is 0 Å².